The van der Waals surface area contributed by atoms with E-state index in [-0.39, 0.29) is 5.54 Å². The van der Waals surface area contributed by atoms with Crippen molar-refractivity contribution in [3.05, 3.63) is 0 Å². The molecule has 1 heterocycles. The Morgan fingerprint density at radius 3 is 2.17 bits per heavy atom. The highest BCUT2D eigenvalue weighted by molar-refractivity contribution is 4.97. The first-order valence-electron chi connectivity index (χ1n) is 7.44. The fraction of sp³-hybridized carbons (Fsp3) is 1.00. The summed E-state index contributed by atoms with van der Waals surface area (Å²) in [7, 11) is 4.49. The quantitative estimate of drug-likeness (QED) is 0.786. The lowest BCUT2D eigenvalue weighted by Gasteiger charge is -2.48. The Bertz CT molecular complexity index is 242. The van der Waals surface area contributed by atoms with E-state index in [1.807, 2.05) is 0 Å². The lowest BCUT2D eigenvalue weighted by molar-refractivity contribution is 0.0213. The van der Waals surface area contributed by atoms with E-state index in [2.05, 4.69) is 51.6 Å². The van der Waals surface area contributed by atoms with Crippen LogP contribution in [0.5, 0.6) is 0 Å². The summed E-state index contributed by atoms with van der Waals surface area (Å²) in [6.07, 6.45) is 1.33. The molecule has 1 aliphatic heterocycles. The van der Waals surface area contributed by atoms with Crippen LogP contribution in [0.4, 0.5) is 0 Å². The summed E-state index contributed by atoms with van der Waals surface area (Å²) in [5.74, 6) is 1.99. The Hall–Kier alpha value is -0.120. The second-order valence-electron chi connectivity index (χ2n) is 6.80. The van der Waals surface area contributed by atoms with Gasteiger partial charge in [-0.25, -0.2) is 0 Å². The Morgan fingerprint density at radius 1 is 1.28 bits per heavy atom. The van der Waals surface area contributed by atoms with Gasteiger partial charge < -0.3 is 10.6 Å². The first-order valence-corrected chi connectivity index (χ1v) is 7.44. The van der Waals surface area contributed by atoms with Gasteiger partial charge in [0, 0.05) is 25.2 Å². The van der Waals surface area contributed by atoms with Gasteiger partial charge in [-0.3, -0.25) is 4.90 Å². The predicted octanol–water partition coefficient (Wildman–Crippen LogP) is 1.88. The van der Waals surface area contributed by atoms with Crippen LogP contribution in [0.1, 0.15) is 34.1 Å². The van der Waals surface area contributed by atoms with Crippen LogP contribution in [-0.4, -0.2) is 55.6 Å². The number of rotatable bonds is 6. The van der Waals surface area contributed by atoms with Crippen molar-refractivity contribution >= 4 is 0 Å². The van der Waals surface area contributed by atoms with Gasteiger partial charge in [-0.2, -0.15) is 0 Å². The predicted molar refractivity (Wildman–Crippen MR) is 79.7 cm³/mol. The molecule has 1 saturated heterocycles. The molecular formula is C15H33N3. The molecule has 0 radical (unpaired) electrons. The Labute approximate surface area is 114 Å². The SMILES string of the molecule is CC(C)C(CN)(C(C)C)N(C)CC1CCN(C)C1. The minimum absolute atomic E-state index is 0.140. The first kappa shape index (κ1) is 15.9. The molecule has 0 aromatic rings. The van der Waals surface area contributed by atoms with Gasteiger partial charge in [-0.05, 0) is 44.8 Å². The molecule has 0 aliphatic carbocycles. The van der Waals surface area contributed by atoms with Crippen molar-refractivity contribution in [1.29, 1.82) is 0 Å². The Balaban J connectivity index is 2.73. The number of hydrogen-bond acceptors (Lipinski definition) is 3. The highest BCUT2D eigenvalue weighted by atomic mass is 15.2. The molecule has 1 rings (SSSR count). The summed E-state index contributed by atoms with van der Waals surface area (Å²) in [6, 6.07) is 0. The maximum Gasteiger partial charge on any atom is 0.0374 e. The average Bonchev–Trinajstić information content (AvgIpc) is 2.64. The van der Waals surface area contributed by atoms with Crippen LogP contribution in [0.15, 0.2) is 0 Å². The fourth-order valence-electron chi connectivity index (χ4n) is 3.91. The van der Waals surface area contributed by atoms with Gasteiger partial charge in [0.1, 0.15) is 0 Å². The van der Waals surface area contributed by atoms with Crippen molar-refractivity contribution in [3.63, 3.8) is 0 Å². The van der Waals surface area contributed by atoms with Gasteiger partial charge in [0.25, 0.3) is 0 Å². The summed E-state index contributed by atoms with van der Waals surface area (Å²) >= 11 is 0. The molecule has 0 spiro atoms. The van der Waals surface area contributed by atoms with E-state index in [4.69, 9.17) is 5.73 Å². The topological polar surface area (TPSA) is 32.5 Å². The molecule has 0 bridgehead atoms. The molecule has 1 aliphatic rings. The lowest BCUT2D eigenvalue weighted by Crippen LogP contribution is -2.60. The van der Waals surface area contributed by atoms with Crippen molar-refractivity contribution in [2.24, 2.45) is 23.5 Å². The molecule has 3 heteroatoms. The molecule has 0 aromatic carbocycles. The van der Waals surface area contributed by atoms with Gasteiger partial charge in [0.05, 0.1) is 0 Å². The third kappa shape index (κ3) is 3.06. The average molecular weight is 255 g/mol. The minimum Gasteiger partial charge on any atom is -0.329 e. The van der Waals surface area contributed by atoms with Gasteiger partial charge >= 0.3 is 0 Å². The van der Waals surface area contributed by atoms with Gasteiger partial charge in [-0.15, -0.1) is 0 Å². The first-order chi connectivity index (χ1) is 8.34. The maximum atomic E-state index is 6.16. The van der Waals surface area contributed by atoms with Crippen molar-refractivity contribution in [2.75, 3.05) is 40.3 Å². The van der Waals surface area contributed by atoms with E-state index in [1.54, 1.807) is 0 Å². The summed E-state index contributed by atoms with van der Waals surface area (Å²) in [5.41, 5.74) is 6.30. The molecule has 1 fully saturated rings. The van der Waals surface area contributed by atoms with Gasteiger partial charge in [-0.1, -0.05) is 27.7 Å². The van der Waals surface area contributed by atoms with Crippen molar-refractivity contribution < 1.29 is 0 Å². The molecule has 1 atom stereocenters. The third-order valence-electron chi connectivity index (χ3n) is 5.06. The van der Waals surface area contributed by atoms with E-state index in [1.165, 1.54) is 26.1 Å². The van der Waals surface area contributed by atoms with E-state index in [0.29, 0.717) is 11.8 Å². The number of likely N-dealkylation sites (N-methyl/N-ethyl adjacent to an activating group) is 1. The molecule has 18 heavy (non-hydrogen) atoms. The monoisotopic (exact) mass is 255 g/mol. The third-order valence-corrected chi connectivity index (χ3v) is 5.06. The van der Waals surface area contributed by atoms with Crippen LogP contribution in [0.2, 0.25) is 0 Å². The molecule has 0 aromatic heterocycles. The van der Waals surface area contributed by atoms with E-state index in [9.17, 15) is 0 Å². The molecule has 0 saturated carbocycles. The zero-order chi connectivity index (χ0) is 13.9. The minimum atomic E-state index is 0.140. The van der Waals surface area contributed by atoms with Crippen LogP contribution < -0.4 is 5.73 Å². The van der Waals surface area contributed by atoms with E-state index >= 15 is 0 Å². The molecule has 1 unspecified atom stereocenters. The lowest BCUT2D eigenvalue weighted by atomic mass is 9.75. The standard InChI is InChI=1S/C15H33N3/c1-12(2)15(11-16,13(3)4)18(6)10-14-7-8-17(5)9-14/h12-14H,7-11,16H2,1-6H3. The zero-order valence-electron chi connectivity index (χ0n) is 13.2. The van der Waals surface area contributed by atoms with Crippen LogP contribution in [0, 0.1) is 17.8 Å². The van der Waals surface area contributed by atoms with Crippen molar-refractivity contribution in [1.82, 2.24) is 9.80 Å². The Kier molecular flexibility index (Phi) is 5.63. The van der Waals surface area contributed by atoms with Crippen LogP contribution in [-0.2, 0) is 0 Å². The zero-order valence-corrected chi connectivity index (χ0v) is 13.2. The molecule has 2 N–H and O–H groups in total. The van der Waals surface area contributed by atoms with Crippen molar-refractivity contribution in [2.45, 2.75) is 39.7 Å². The van der Waals surface area contributed by atoms with Crippen LogP contribution in [0.25, 0.3) is 0 Å². The van der Waals surface area contributed by atoms with Crippen molar-refractivity contribution in [3.8, 4) is 0 Å². The summed E-state index contributed by atoms with van der Waals surface area (Å²) < 4.78 is 0. The second-order valence-corrected chi connectivity index (χ2v) is 6.80. The largest absolute Gasteiger partial charge is 0.329 e. The fourth-order valence-corrected chi connectivity index (χ4v) is 3.91. The molecule has 0 amide bonds. The summed E-state index contributed by atoms with van der Waals surface area (Å²) in [5, 5.41) is 0. The number of nitrogens with two attached hydrogens (primary N) is 1. The summed E-state index contributed by atoms with van der Waals surface area (Å²) in [6.45, 7) is 13.7. The maximum absolute atomic E-state index is 6.16. The molecular weight excluding hydrogens is 222 g/mol. The number of hydrogen-bond donors (Lipinski definition) is 1. The Morgan fingerprint density at radius 2 is 1.83 bits per heavy atom. The van der Waals surface area contributed by atoms with Crippen LogP contribution >= 0.6 is 0 Å². The smallest absolute Gasteiger partial charge is 0.0374 e. The van der Waals surface area contributed by atoms with Gasteiger partial charge in [0.15, 0.2) is 0 Å². The van der Waals surface area contributed by atoms with E-state index in [0.717, 1.165) is 12.5 Å². The van der Waals surface area contributed by atoms with E-state index < -0.39 is 0 Å². The molecule has 3 nitrogen and oxygen atoms in total. The summed E-state index contributed by atoms with van der Waals surface area (Å²) in [4.78, 5) is 4.99. The second kappa shape index (κ2) is 6.36. The number of likely N-dealkylation sites (tertiary alicyclic amines) is 1. The molecule has 108 valence electrons. The normalized spacial score (nSPS) is 22.7. The van der Waals surface area contributed by atoms with Crippen LogP contribution in [0.3, 0.4) is 0 Å². The van der Waals surface area contributed by atoms with Gasteiger partial charge in [0.2, 0.25) is 0 Å². The number of nitrogens with zero attached hydrogens (tertiary/aromatic N) is 2. The highest BCUT2D eigenvalue weighted by Gasteiger charge is 2.40. The highest BCUT2D eigenvalue weighted by Crippen LogP contribution is 2.32.